The van der Waals surface area contributed by atoms with Gasteiger partial charge < -0.3 is 14.8 Å². The topological polar surface area (TPSA) is 89.0 Å². The van der Waals surface area contributed by atoms with Gasteiger partial charge in [0.1, 0.15) is 24.5 Å². The van der Waals surface area contributed by atoms with E-state index in [1.807, 2.05) is 30.3 Å². The van der Waals surface area contributed by atoms with Gasteiger partial charge in [-0.15, -0.1) is 5.10 Å². The van der Waals surface area contributed by atoms with Crippen LogP contribution in [-0.4, -0.2) is 25.3 Å². The Balaban J connectivity index is 1.70. The van der Waals surface area contributed by atoms with E-state index in [1.54, 1.807) is 17.1 Å². The molecule has 0 saturated heterocycles. The fourth-order valence-electron chi connectivity index (χ4n) is 1.83. The van der Waals surface area contributed by atoms with Gasteiger partial charge in [0.25, 0.3) is 0 Å². The van der Waals surface area contributed by atoms with Gasteiger partial charge in [0, 0.05) is 5.69 Å². The van der Waals surface area contributed by atoms with Crippen molar-refractivity contribution in [1.82, 2.24) is 20.2 Å². The average Bonchev–Trinajstić information content (AvgIpc) is 3.17. The van der Waals surface area contributed by atoms with E-state index in [2.05, 4.69) is 20.8 Å². The molecule has 0 fully saturated rings. The number of hydrogen-bond donors (Lipinski definition) is 2. The van der Waals surface area contributed by atoms with Gasteiger partial charge in [-0.25, -0.2) is 4.68 Å². The third-order valence-electron chi connectivity index (χ3n) is 2.80. The average molecular weight is 271 g/mol. The van der Waals surface area contributed by atoms with E-state index in [4.69, 9.17) is 9.52 Å². The number of aliphatic hydroxyl groups excluding tert-OH is 1. The van der Waals surface area contributed by atoms with Gasteiger partial charge >= 0.3 is 0 Å². The van der Waals surface area contributed by atoms with Crippen molar-refractivity contribution in [3.05, 3.63) is 54.2 Å². The molecule has 2 aromatic heterocycles. The molecule has 0 aliphatic carbocycles. The summed E-state index contributed by atoms with van der Waals surface area (Å²) in [5, 5.41) is 23.2. The van der Waals surface area contributed by atoms with Crippen LogP contribution in [0.3, 0.4) is 0 Å². The number of nitrogens with zero attached hydrogens (tertiary/aromatic N) is 4. The van der Waals surface area contributed by atoms with Crippen LogP contribution in [0.15, 0.2) is 47.1 Å². The number of hydrogen-bond acceptors (Lipinski definition) is 6. The van der Waals surface area contributed by atoms with Gasteiger partial charge in [0.2, 0.25) is 0 Å². The van der Waals surface area contributed by atoms with Gasteiger partial charge in [-0.2, -0.15) is 0 Å². The molecule has 0 spiro atoms. The summed E-state index contributed by atoms with van der Waals surface area (Å²) >= 11 is 0. The van der Waals surface area contributed by atoms with Gasteiger partial charge in [0.15, 0.2) is 0 Å². The molecule has 102 valence electrons. The maximum atomic E-state index is 8.94. The van der Waals surface area contributed by atoms with Crippen LogP contribution in [0.5, 0.6) is 0 Å². The molecule has 2 N–H and O–H groups in total. The minimum atomic E-state index is -0.0885. The summed E-state index contributed by atoms with van der Waals surface area (Å²) in [4.78, 5) is 0. The quantitative estimate of drug-likeness (QED) is 0.728. The summed E-state index contributed by atoms with van der Waals surface area (Å²) in [5.74, 6) is 1.33. The van der Waals surface area contributed by atoms with E-state index in [-0.39, 0.29) is 6.61 Å². The molecular formula is C13H13N5O2. The maximum Gasteiger partial charge on any atom is 0.143 e. The molecule has 0 amide bonds. The van der Waals surface area contributed by atoms with Crippen LogP contribution in [0, 0.1) is 0 Å². The Morgan fingerprint density at radius 1 is 1.20 bits per heavy atom. The molecule has 0 saturated carbocycles. The number of anilines is 1. The first kappa shape index (κ1) is 12.4. The highest BCUT2D eigenvalue weighted by Gasteiger charge is 2.02. The summed E-state index contributed by atoms with van der Waals surface area (Å²) in [7, 11) is 0. The van der Waals surface area contributed by atoms with E-state index in [0.717, 1.165) is 17.1 Å². The molecule has 20 heavy (non-hydrogen) atoms. The van der Waals surface area contributed by atoms with Crippen LogP contribution >= 0.6 is 0 Å². The van der Waals surface area contributed by atoms with E-state index in [9.17, 15) is 0 Å². The fourth-order valence-corrected chi connectivity index (χ4v) is 1.83. The third-order valence-corrected chi connectivity index (χ3v) is 2.80. The molecule has 0 bridgehead atoms. The minimum Gasteiger partial charge on any atom is -0.462 e. The standard InChI is InChI=1S/C13H13N5O2/c19-8-13-5-4-12(20-13)7-14-10-2-1-3-11(6-10)18-9-15-16-17-18/h1-6,9,14,19H,7-8H2. The number of rotatable bonds is 5. The highest BCUT2D eigenvalue weighted by molar-refractivity contribution is 5.50. The van der Waals surface area contributed by atoms with Crippen molar-refractivity contribution < 1.29 is 9.52 Å². The summed E-state index contributed by atoms with van der Waals surface area (Å²) in [5.41, 5.74) is 1.80. The molecule has 0 atom stereocenters. The fraction of sp³-hybridized carbons (Fsp3) is 0.154. The van der Waals surface area contributed by atoms with Crippen LogP contribution in [-0.2, 0) is 13.2 Å². The summed E-state index contributed by atoms with van der Waals surface area (Å²) in [6.45, 7) is 0.452. The largest absolute Gasteiger partial charge is 0.462 e. The lowest BCUT2D eigenvalue weighted by atomic mass is 10.2. The van der Waals surface area contributed by atoms with E-state index in [1.165, 1.54) is 0 Å². The van der Waals surface area contributed by atoms with Crippen molar-refractivity contribution in [2.45, 2.75) is 13.2 Å². The first-order valence-electron chi connectivity index (χ1n) is 6.11. The smallest absolute Gasteiger partial charge is 0.143 e. The zero-order valence-electron chi connectivity index (χ0n) is 10.6. The molecule has 2 heterocycles. The van der Waals surface area contributed by atoms with Crippen LogP contribution in [0.25, 0.3) is 5.69 Å². The van der Waals surface area contributed by atoms with Gasteiger partial charge in [0.05, 0.1) is 12.2 Å². The highest BCUT2D eigenvalue weighted by atomic mass is 16.4. The Bertz CT molecular complexity index is 678. The Morgan fingerprint density at radius 2 is 2.10 bits per heavy atom. The number of aromatic nitrogens is 4. The van der Waals surface area contributed by atoms with Gasteiger partial charge in [-0.05, 0) is 40.8 Å². The Kier molecular flexibility index (Phi) is 3.42. The first-order valence-corrected chi connectivity index (χ1v) is 6.11. The van der Waals surface area contributed by atoms with Crippen molar-refractivity contribution in [2.24, 2.45) is 0 Å². The molecule has 0 unspecified atom stereocenters. The number of nitrogens with one attached hydrogen (secondary N) is 1. The molecule has 3 aromatic rings. The monoisotopic (exact) mass is 271 g/mol. The van der Waals surface area contributed by atoms with E-state index < -0.39 is 0 Å². The number of furan rings is 1. The summed E-state index contributed by atoms with van der Waals surface area (Å²) in [6.07, 6.45) is 1.54. The third kappa shape index (κ3) is 2.67. The number of tetrazole rings is 1. The summed E-state index contributed by atoms with van der Waals surface area (Å²) < 4.78 is 6.99. The number of aliphatic hydroxyl groups is 1. The normalized spacial score (nSPS) is 10.7. The second-order valence-electron chi connectivity index (χ2n) is 4.18. The Hall–Kier alpha value is -2.67. The van der Waals surface area contributed by atoms with Crippen LogP contribution < -0.4 is 5.32 Å². The molecule has 0 aliphatic heterocycles. The van der Waals surface area contributed by atoms with Crippen molar-refractivity contribution >= 4 is 5.69 Å². The minimum absolute atomic E-state index is 0.0885. The Morgan fingerprint density at radius 3 is 2.85 bits per heavy atom. The second kappa shape index (κ2) is 5.54. The van der Waals surface area contributed by atoms with Gasteiger partial charge in [-0.1, -0.05) is 6.07 Å². The van der Waals surface area contributed by atoms with Crippen LogP contribution in [0.4, 0.5) is 5.69 Å². The maximum absolute atomic E-state index is 8.94. The highest BCUT2D eigenvalue weighted by Crippen LogP contribution is 2.15. The molecule has 7 nitrogen and oxygen atoms in total. The van der Waals surface area contributed by atoms with Crippen molar-refractivity contribution in [3.63, 3.8) is 0 Å². The van der Waals surface area contributed by atoms with E-state index >= 15 is 0 Å². The molecule has 3 rings (SSSR count). The lowest BCUT2D eigenvalue weighted by Crippen LogP contribution is -2.00. The van der Waals surface area contributed by atoms with Crippen molar-refractivity contribution in [3.8, 4) is 5.69 Å². The molecular weight excluding hydrogens is 258 g/mol. The number of benzene rings is 1. The first-order chi connectivity index (χ1) is 9.85. The molecule has 1 aromatic carbocycles. The predicted octanol–water partition coefficient (Wildman–Crippen LogP) is 1.36. The molecule has 7 heteroatoms. The lowest BCUT2D eigenvalue weighted by molar-refractivity contribution is 0.244. The van der Waals surface area contributed by atoms with Gasteiger partial charge in [-0.3, -0.25) is 0 Å². The lowest BCUT2D eigenvalue weighted by Gasteiger charge is -2.06. The molecule has 0 aliphatic rings. The molecule has 0 radical (unpaired) electrons. The van der Waals surface area contributed by atoms with Crippen molar-refractivity contribution in [1.29, 1.82) is 0 Å². The van der Waals surface area contributed by atoms with Crippen LogP contribution in [0.2, 0.25) is 0 Å². The second-order valence-corrected chi connectivity index (χ2v) is 4.18. The van der Waals surface area contributed by atoms with Crippen molar-refractivity contribution in [2.75, 3.05) is 5.32 Å². The zero-order chi connectivity index (χ0) is 13.8. The van der Waals surface area contributed by atoms with Crippen LogP contribution in [0.1, 0.15) is 11.5 Å². The predicted molar refractivity (Wildman–Crippen MR) is 71.1 cm³/mol. The van der Waals surface area contributed by atoms with E-state index in [0.29, 0.717) is 12.3 Å². The zero-order valence-corrected chi connectivity index (χ0v) is 10.6. The Labute approximate surface area is 114 Å². The SMILES string of the molecule is OCc1ccc(CNc2cccc(-n3cnnn3)c2)o1. The summed E-state index contributed by atoms with van der Waals surface area (Å²) in [6, 6.07) is 11.3.